The van der Waals surface area contributed by atoms with Crippen molar-refractivity contribution >= 4 is 17.8 Å². The van der Waals surface area contributed by atoms with Crippen molar-refractivity contribution in [3.05, 3.63) is 30.3 Å². The summed E-state index contributed by atoms with van der Waals surface area (Å²) in [6, 6.07) is 10.5. The second-order valence-electron chi connectivity index (χ2n) is 10.5. The van der Waals surface area contributed by atoms with Crippen LogP contribution in [0.2, 0.25) is 0 Å². The Morgan fingerprint density at radius 3 is 2.61 bits per heavy atom. The summed E-state index contributed by atoms with van der Waals surface area (Å²) in [6.45, 7) is 4.89. The standard InChI is InChI=1S/C25H34O2S/c1-24-14-12-18(27-28-19-6-4-3-5-7-19)16-17(24)8-9-20-21-10-11-23(26)25(21,2)15-13-22(20)24/h3-7,17-18,20-22H,8-16H2,1-2H3. The third-order valence-electron chi connectivity index (χ3n) is 9.35. The molecule has 0 aliphatic heterocycles. The van der Waals surface area contributed by atoms with Crippen molar-refractivity contribution in [2.24, 2.45) is 34.5 Å². The lowest BCUT2D eigenvalue weighted by atomic mass is 9.45. The van der Waals surface area contributed by atoms with Crippen LogP contribution in [-0.4, -0.2) is 11.9 Å². The topological polar surface area (TPSA) is 26.3 Å². The Morgan fingerprint density at radius 1 is 0.964 bits per heavy atom. The second-order valence-corrected chi connectivity index (χ2v) is 11.3. The molecule has 0 spiro atoms. The van der Waals surface area contributed by atoms with Crippen molar-refractivity contribution in [3.63, 3.8) is 0 Å². The number of benzene rings is 1. The zero-order valence-corrected chi connectivity index (χ0v) is 18.2. The molecule has 5 rings (SSSR count). The SMILES string of the molecule is CC12CCC3C(CCC4CC(OSc5ccccc5)CCC43C)C1CCC2=O. The molecule has 0 N–H and O–H groups in total. The van der Waals surface area contributed by atoms with E-state index in [1.165, 1.54) is 43.4 Å². The van der Waals surface area contributed by atoms with Crippen LogP contribution in [0.1, 0.15) is 71.6 Å². The van der Waals surface area contributed by atoms with Crippen molar-refractivity contribution < 1.29 is 8.98 Å². The van der Waals surface area contributed by atoms with Crippen molar-refractivity contribution in [2.45, 2.75) is 82.6 Å². The van der Waals surface area contributed by atoms with Gasteiger partial charge in [0.2, 0.25) is 0 Å². The highest BCUT2D eigenvalue weighted by atomic mass is 32.2. The van der Waals surface area contributed by atoms with Gasteiger partial charge in [0, 0.05) is 28.8 Å². The van der Waals surface area contributed by atoms with Gasteiger partial charge in [0.15, 0.2) is 0 Å². The Labute approximate surface area is 174 Å². The van der Waals surface area contributed by atoms with E-state index in [1.54, 1.807) is 12.0 Å². The first-order valence-electron chi connectivity index (χ1n) is 11.4. The largest absolute Gasteiger partial charge is 0.307 e. The van der Waals surface area contributed by atoms with Gasteiger partial charge in [-0.05, 0) is 92.6 Å². The fraction of sp³-hybridized carbons (Fsp3) is 0.720. The zero-order chi connectivity index (χ0) is 19.4. The highest BCUT2D eigenvalue weighted by molar-refractivity contribution is 7.94. The molecule has 4 saturated carbocycles. The van der Waals surface area contributed by atoms with E-state index in [1.807, 2.05) is 0 Å². The third-order valence-corrected chi connectivity index (χ3v) is 10.2. The maximum absolute atomic E-state index is 12.6. The minimum atomic E-state index is 0.0109. The molecule has 0 saturated heterocycles. The predicted molar refractivity (Wildman–Crippen MR) is 114 cm³/mol. The summed E-state index contributed by atoms with van der Waals surface area (Å²) < 4.78 is 6.27. The third kappa shape index (κ3) is 2.99. The molecule has 1 aromatic rings. The molecule has 1 aromatic carbocycles. The van der Waals surface area contributed by atoms with Crippen LogP contribution in [0.15, 0.2) is 35.2 Å². The van der Waals surface area contributed by atoms with Gasteiger partial charge < -0.3 is 4.18 Å². The summed E-state index contributed by atoms with van der Waals surface area (Å²) in [5.41, 5.74) is 0.476. The molecular weight excluding hydrogens is 364 g/mol. The molecule has 7 unspecified atom stereocenters. The molecule has 0 bridgehead atoms. The van der Waals surface area contributed by atoms with Crippen molar-refractivity contribution in [3.8, 4) is 0 Å². The van der Waals surface area contributed by atoms with Crippen molar-refractivity contribution in [1.82, 2.24) is 0 Å². The van der Waals surface area contributed by atoms with Crippen LogP contribution < -0.4 is 0 Å². The Bertz CT molecular complexity index is 733. The fourth-order valence-electron chi connectivity index (χ4n) is 7.68. The Morgan fingerprint density at radius 2 is 1.79 bits per heavy atom. The number of ketones is 1. The number of Topliss-reactive ketones (excluding diaryl/α,β-unsaturated/α-hetero) is 1. The van der Waals surface area contributed by atoms with Gasteiger partial charge in [0.05, 0.1) is 6.10 Å². The summed E-state index contributed by atoms with van der Waals surface area (Å²) in [7, 11) is 0. The van der Waals surface area contributed by atoms with Gasteiger partial charge in [0.1, 0.15) is 5.78 Å². The number of carbonyl (C=O) groups excluding carboxylic acids is 1. The maximum atomic E-state index is 12.6. The predicted octanol–water partition coefficient (Wildman–Crippen LogP) is 6.69. The minimum absolute atomic E-state index is 0.0109. The Kier molecular flexibility index (Phi) is 4.91. The quantitative estimate of drug-likeness (QED) is 0.531. The van der Waals surface area contributed by atoms with E-state index in [2.05, 4.69) is 44.2 Å². The Balaban J connectivity index is 1.27. The highest BCUT2D eigenvalue weighted by Crippen LogP contribution is 2.65. The van der Waals surface area contributed by atoms with Crippen molar-refractivity contribution in [1.29, 1.82) is 0 Å². The highest BCUT2D eigenvalue weighted by Gasteiger charge is 2.60. The van der Waals surface area contributed by atoms with E-state index in [9.17, 15) is 4.79 Å². The van der Waals surface area contributed by atoms with Crippen LogP contribution in [0.25, 0.3) is 0 Å². The van der Waals surface area contributed by atoms with Crippen LogP contribution >= 0.6 is 12.0 Å². The van der Waals surface area contributed by atoms with Gasteiger partial charge in [-0.25, -0.2) is 0 Å². The molecule has 2 nitrogen and oxygen atoms in total. The van der Waals surface area contributed by atoms with Gasteiger partial charge in [-0.1, -0.05) is 32.0 Å². The monoisotopic (exact) mass is 398 g/mol. The summed E-state index contributed by atoms with van der Waals surface area (Å²) in [4.78, 5) is 13.8. The van der Waals surface area contributed by atoms with Crippen LogP contribution in [-0.2, 0) is 8.98 Å². The first-order chi connectivity index (χ1) is 13.5. The van der Waals surface area contributed by atoms with Gasteiger partial charge in [-0.3, -0.25) is 4.79 Å². The Hall–Kier alpha value is -0.800. The number of fused-ring (bicyclic) bond motifs is 5. The molecule has 0 amide bonds. The van der Waals surface area contributed by atoms with Crippen molar-refractivity contribution in [2.75, 3.05) is 0 Å². The first-order valence-corrected chi connectivity index (χ1v) is 12.2. The zero-order valence-electron chi connectivity index (χ0n) is 17.4. The molecule has 0 heterocycles. The van der Waals surface area contributed by atoms with E-state index < -0.39 is 0 Å². The lowest BCUT2D eigenvalue weighted by Crippen LogP contribution is -2.54. The molecule has 0 aromatic heterocycles. The van der Waals surface area contributed by atoms with Gasteiger partial charge in [-0.15, -0.1) is 0 Å². The molecule has 0 radical (unpaired) electrons. The lowest BCUT2D eigenvalue weighted by Gasteiger charge is -2.60. The van der Waals surface area contributed by atoms with Gasteiger partial charge in [0.25, 0.3) is 0 Å². The number of hydrogen-bond donors (Lipinski definition) is 0. The summed E-state index contributed by atoms with van der Waals surface area (Å²) in [5, 5.41) is 0. The van der Waals surface area contributed by atoms with Crippen LogP contribution in [0, 0.1) is 34.5 Å². The molecule has 4 aliphatic rings. The van der Waals surface area contributed by atoms with E-state index in [-0.39, 0.29) is 5.41 Å². The average molecular weight is 399 g/mol. The molecule has 4 fully saturated rings. The van der Waals surface area contributed by atoms with E-state index in [4.69, 9.17) is 4.18 Å². The minimum Gasteiger partial charge on any atom is -0.307 e. The van der Waals surface area contributed by atoms with Crippen LogP contribution in [0.4, 0.5) is 0 Å². The number of rotatable bonds is 3. The van der Waals surface area contributed by atoms with Crippen LogP contribution in [0.3, 0.4) is 0 Å². The van der Waals surface area contributed by atoms with Gasteiger partial charge >= 0.3 is 0 Å². The summed E-state index contributed by atoms with van der Waals surface area (Å²) >= 11 is 1.56. The molecule has 152 valence electrons. The van der Waals surface area contributed by atoms with E-state index in [0.29, 0.717) is 23.2 Å². The normalized spacial score (nSPS) is 45.2. The molecule has 28 heavy (non-hydrogen) atoms. The molecular formula is C25H34O2S. The molecule has 3 heteroatoms. The molecule has 4 aliphatic carbocycles. The lowest BCUT2D eigenvalue weighted by molar-refractivity contribution is -0.141. The number of carbonyl (C=O) groups is 1. The first kappa shape index (κ1) is 19.2. The fourth-order valence-corrected chi connectivity index (χ4v) is 8.37. The average Bonchev–Trinajstić information content (AvgIpc) is 3.02. The number of hydrogen-bond acceptors (Lipinski definition) is 3. The van der Waals surface area contributed by atoms with Gasteiger partial charge in [-0.2, -0.15) is 0 Å². The van der Waals surface area contributed by atoms with E-state index in [0.717, 1.165) is 37.0 Å². The summed E-state index contributed by atoms with van der Waals surface area (Å²) in [6.07, 6.45) is 11.2. The van der Waals surface area contributed by atoms with Crippen LogP contribution in [0.5, 0.6) is 0 Å². The van der Waals surface area contributed by atoms with E-state index >= 15 is 0 Å². The molecule has 7 atom stereocenters. The second kappa shape index (κ2) is 7.16. The maximum Gasteiger partial charge on any atom is 0.139 e. The smallest absolute Gasteiger partial charge is 0.139 e. The summed E-state index contributed by atoms with van der Waals surface area (Å²) in [5.74, 6) is 3.66.